The topological polar surface area (TPSA) is 0 Å². The van der Waals surface area contributed by atoms with Crippen molar-refractivity contribution >= 4 is 0 Å². The number of rotatable bonds is 4. The molecule has 0 saturated carbocycles. The third-order valence-corrected chi connectivity index (χ3v) is 1.29. The summed E-state index contributed by atoms with van der Waals surface area (Å²) in [5.41, 5.74) is 0. The quantitative estimate of drug-likeness (QED) is 0.308. The molecule has 0 nitrogen and oxygen atoms in total. The molecular weight excluding hydrogens is 471 g/mol. The maximum Gasteiger partial charge on any atom is 0 e. The fraction of sp³-hybridized carbons (Fsp3) is 0.471. The monoisotopic (exact) mass is 504 g/mol. The van der Waals surface area contributed by atoms with Crippen molar-refractivity contribution < 1.29 is 98.1 Å². The van der Waals surface area contributed by atoms with E-state index < -0.39 is 0 Å². The van der Waals surface area contributed by atoms with Gasteiger partial charge in [0.25, 0.3) is 0 Å². The van der Waals surface area contributed by atoms with Gasteiger partial charge in [0, 0.05) is 98.1 Å². The molecule has 0 aliphatic carbocycles. The van der Waals surface area contributed by atoms with E-state index in [2.05, 4.69) is 54.7 Å². The summed E-state index contributed by atoms with van der Waals surface area (Å²) in [4.78, 5) is 0. The van der Waals surface area contributed by atoms with Gasteiger partial charge in [0.1, 0.15) is 0 Å². The molecule has 0 spiro atoms. The molecule has 3 radical (unpaired) electrons. The Kier molecular flexibility index (Phi) is 149. The zero-order chi connectivity index (χ0) is 14.4. The Hall–Kier alpha value is 2.27. The first-order valence-corrected chi connectivity index (χ1v) is 6.40. The van der Waals surface area contributed by atoms with Crippen molar-refractivity contribution in [3.8, 4) is 0 Å². The molecule has 0 rings (SSSR count). The summed E-state index contributed by atoms with van der Waals surface area (Å²) in [6, 6.07) is 0. The van der Waals surface area contributed by atoms with Crippen LogP contribution in [0, 0.1) is 20.8 Å². The maximum absolute atomic E-state index is 3.68. The Balaban J connectivity index is -0.0000000218. The van der Waals surface area contributed by atoms with E-state index in [4.69, 9.17) is 0 Å². The maximum atomic E-state index is 3.68. The van der Waals surface area contributed by atoms with Crippen molar-refractivity contribution in [2.45, 2.75) is 52.9 Å². The third kappa shape index (κ3) is 142. The van der Waals surface area contributed by atoms with Crippen LogP contribution >= 0.6 is 0 Å². The zero-order valence-electron chi connectivity index (χ0n) is 14.1. The molecule has 0 aliphatic heterocycles. The molecule has 0 N–H and O–H groups in total. The van der Waals surface area contributed by atoms with Crippen LogP contribution in [0.2, 0.25) is 0 Å². The van der Waals surface area contributed by atoms with Gasteiger partial charge in [-0.3, -0.25) is 0 Å². The Morgan fingerprint density at radius 1 is 0.900 bits per heavy atom. The molecule has 20 heavy (non-hydrogen) atoms. The summed E-state index contributed by atoms with van der Waals surface area (Å²) >= 11 is 0. The van der Waals surface area contributed by atoms with Gasteiger partial charge in [-0.2, -0.15) is 6.42 Å². The van der Waals surface area contributed by atoms with Gasteiger partial charge in [0.15, 0.2) is 0 Å². The van der Waals surface area contributed by atoms with E-state index in [1.54, 1.807) is 6.08 Å². The van der Waals surface area contributed by atoms with Gasteiger partial charge in [-0.25, -0.2) is 38.7 Å². The number of hydrogen-bond donors (Lipinski definition) is 0. The van der Waals surface area contributed by atoms with Gasteiger partial charge in [-0.1, -0.05) is 39.7 Å². The molecular formula is C17H33Y3-3. The average Bonchev–Trinajstić information content (AvgIpc) is 2.33. The minimum absolute atomic E-state index is 0. The number of allylic oxidation sites excluding steroid dienone is 4. The molecule has 0 aromatic heterocycles. The van der Waals surface area contributed by atoms with Crippen molar-refractivity contribution in [3.05, 3.63) is 58.2 Å². The molecule has 0 amide bonds. The van der Waals surface area contributed by atoms with E-state index >= 15 is 0 Å². The Labute approximate surface area is 206 Å². The minimum atomic E-state index is 0. The van der Waals surface area contributed by atoms with Crippen LogP contribution < -0.4 is 0 Å². The second-order valence-electron chi connectivity index (χ2n) is 3.07. The molecule has 0 aliphatic rings. The fourth-order valence-electron chi connectivity index (χ4n) is 0.417. The fourth-order valence-corrected chi connectivity index (χ4v) is 0.417. The first-order chi connectivity index (χ1) is 8.16. The largest absolute Gasteiger partial charge is 0.343 e. The smallest absolute Gasteiger partial charge is 0 e. The van der Waals surface area contributed by atoms with Crippen LogP contribution in [0.25, 0.3) is 0 Å². The molecule has 0 bridgehead atoms. The van der Waals surface area contributed by atoms with Crippen LogP contribution in [-0.4, -0.2) is 0 Å². The van der Waals surface area contributed by atoms with Crippen molar-refractivity contribution in [2.75, 3.05) is 0 Å². The van der Waals surface area contributed by atoms with E-state index in [0.29, 0.717) is 0 Å². The summed E-state index contributed by atoms with van der Waals surface area (Å²) in [5, 5.41) is 0. The number of hydrogen-bond acceptors (Lipinski definition) is 0. The van der Waals surface area contributed by atoms with Crippen molar-refractivity contribution in [1.29, 1.82) is 0 Å². The third-order valence-electron chi connectivity index (χ3n) is 1.29. The van der Waals surface area contributed by atoms with Crippen LogP contribution in [0.5, 0.6) is 0 Å². The first kappa shape index (κ1) is 43.2. The number of unbranched alkanes of at least 4 members (excludes halogenated alkanes) is 2. The molecule has 3 heteroatoms. The van der Waals surface area contributed by atoms with Crippen LogP contribution in [0.4, 0.5) is 0 Å². The molecule has 0 aromatic rings. The van der Waals surface area contributed by atoms with E-state index in [1.807, 2.05) is 12.2 Å². The Morgan fingerprint density at radius 2 is 1.25 bits per heavy atom. The molecule has 113 valence electrons. The average molecular weight is 504 g/mol. The minimum Gasteiger partial charge on any atom is -0.343 e. The Bertz CT molecular complexity index is 130. The standard InChI is InChI=1S/C5H11.C5H9.C4H8.C3H5.3Y/c2*1-3-5-4-2;1-3-4-2;1-3-2;;;/h1,3-5H2,2H3;3,5H,1,4H2,2H3;3H,1,4H2,2H3;3H,1-2H2;;;/q2*-1;;-1;;;/b;5-3+;;;;;. The Morgan fingerprint density at radius 3 is 1.25 bits per heavy atom. The second kappa shape index (κ2) is 68.8. The van der Waals surface area contributed by atoms with Crippen molar-refractivity contribution in [3.63, 3.8) is 0 Å². The van der Waals surface area contributed by atoms with E-state index in [-0.39, 0.29) is 98.1 Å². The summed E-state index contributed by atoms with van der Waals surface area (Å²) < 4.78 is 0. The molecule has 0 fully saturated rings. The zero-order valence-corrected chi connectivity index (χ0v) is 22.6. The van der Waals surface area contributed by atoms with Crippen LogP contribution in [0.1, 0.15) is 52.9 Å². The predicted octanol–water partition coefficient (Wildman–Crippen LogP) is 6.38. The first-order valence-electron chi connectivity index (χ1n) is 6.40. The van der Waals surface area contributed by atoms with Crippen LogP contribution in [0.15, 0.2) is 37.5 Å². The summed E-state index contributed by atoms with van der Waals surface area (Å²) in [5.74, 6) is 0. The van der Waals surface area contributed by atoms with E-state index in [1.165, 1.54) is 18.9 Å². The predicted molar refractivity (Wildman–Crippen MR) is 85.7 cm³/mol. The summed E-state index contributed by atoms with van der Waals surface area (Å²) in [7, 11) is 0. The van der Waals surface area contributed by atoms with Gasteiger partial charge in [0.05, 0.1) is 0 Å². The summed E-state index contributed by atoms with van der Waals surface area (Å²) in [6.07, 6.45) is 13.0. The molecule has 0 aromatic carbocycles. The van der Waals surface area contributed by atoms with Crippen LogP contribution in [0.3, 0.4) is 0 Å². The SMILES string of the molecule is C=CCC.C=C[CH2-].[CH2-]/C=C/CC.[CH2-]CCCC.[Y].[Y].[Y]. The van der Waals surface area contributed by atoms with Gasteiger partial charge in [-0.05, 0) is 6.42 Å². The van der Waals surface area contributed by atoms with E-state index in [0.717, 1.165) is 19.3 Å². The molecule has 0 atom stereocenters. The normalized spacial score (nSPS) is 6.40. The van der Waals surface area contributed by atoms with Crippen LogP contribution in [-0.2, 0) is 98.1 Å². The van der Waals surface area contributed by atoms with Crippen molar-refractivity contribution in [1.82, 2.24) is 0 Å². The second-order valence-corrected chi connectivity index (χ2v) is 3.07. The molecule has 0 unspecified atom stereocenters. The molecule has 0 heterocycles. The van der Waals surface area contributed by atoms with Gasteiger partial charge in [0.2, 0.25) is 0 Å². The van der Waals surface area contributed by atoms with Crippen molar-refractivity contribution in [2.24, 2.45) is 0 Å². The van der Waals surface area contributed by atoms with Gasteiger partial charge in [-0.15, -0.1) is 13.0 Å². The summed E-state index contributed by atoms with van der Waals surface area (Å²) in [6.45, 7) is 23.5. The van der Waals surface area contributed by atoms with Gasteiger partial charge < -0.3 is 6.92 Å². The van der Waals surface area contributed by atoms with E-state index in [9.17, 15) is 0 Å². The molecule has 0 saturated heterocycles. The van der Waals surface area contributed by atoms with Gasteiger partial charge >= 0.3 is 0 Å².